The number of nitrogens with zero attached hydrogens (tertiary/aromatic N) is 4. The molecule has 10 heteroatoms. The Kier molecular flexibility index (Phi) is 11.7. The van der Waals surface area contributed by atoms with Gasteiger partial charge in [-0.15, -0.1) is 0 Å². The molecule has 28 heavy (non-hydrogen) atoms. The van der Waals surface area contributed by atoms with Gasteiger partial charge in [-0.3, -0.25) is 9.69 Å². The second-order valence-electron chi connectivity index (χ2n) is 5.43. The van der Waals surface area contributed by atoms with Crippen molar-refractivity contribution < 1.29 is 22.7 Å². The number of nitriles is 1. The zero-order valence-electron chi connectivity index (χ0n) is 17.3. The normalized spacial score (nSPS) is 16.6. The van der Waals surface area contributed by atoms with E-state index in [1.54, 1.807) is 0 Å². The van der Waals surface area contributed by atoms with E-state index in [1.165, 1.54) is 6.92 Å². The molecule has 1 aromatic heterocycles. The van der Waals surface area contributed by atoms with Crippen molar-refractivity contribution in [1.82, 2.24) is 4.98 Å². The molecule has 0 bridgehead atoms. The van der Waals surface area contributed by atoms with Gasteiger partial charge in [0.1, 0.15) is 6.07 Å². The van der Waals surface area contributed by atoms with E-state index in [0.717, 1.165) is 11.3 Å². The van der Waals surface area contributed by atoms with Gasteiger partial charge in [-0.2, -0.15) is 18.4 Å². The van der Waals surface area contributed by atoms with E-state index in [-0.39, 0.29) is 23.2 Å². The number of hydrogen-bond donors (Lipinski definition) is 0. The number of hydrogen-bond acceptors (Lipinski definition) is 6. The predicted molar refractivity (Wildman–Crippen MR) is 106 cm³/mol. The van der Waals surface area contributed by atoms with Crippen LogP contribution in [0.5, 0.6) is 0 Å². The van der Waals surface area contributed by atoms with E-state index >= 15 is 0 Å². The molecule has 1 amide bonds. The number of ether oxygens (including phenoxy) is 1. The highest BCUT2D eigenvalue weighted by atomic mass is 32.1. The van der Waals surface area contributed by atoms with Crippen molar-refractivity contribution in [3.8, 4) is 6.07 Å². The van der Waals surface area contributed by atoms with Crippen LogP contribution in [0.3, 0.4) is 0 Å². The van der Waals surface area contributed by atoms with Crippen LogP contribution in [-0.2, 0) is 9.53 Å². The number of anilines is 2. The highest BCUT2D eigenvalue weighted by Gasteiger charge is 2.44. The van der Waals surface area contributed by atoms with Gasteiger partial charge in [-0.05, 0) is 12.8 Å². The summed E-state index contributed by atoms with van der Waals surface area (Å²) in [6, 6.07) is 1.84. The van der Waals surface area contributed by atoms with Crippen LogP contribution in [0.25, 0.3) is 0 Å². The highest BCUT2D eigenvalue weighted by Crippen LogP contribution is 2.34. The van der Waals surface area contributed by atoms with Gasteiger partial charge >= 0.3 is 12.1 Å². The number of rotatable bonds is 3. The van der Waals surface area contributed by atoms with Gasteiger partial charge in [0.05, 0.1) is 13.2 Å². The highest BCUT2D eigenvalue weighted by molar-refractivity contribution is 7.16. The first kappa shape index (κ1) is 26.1. The average Bonchev–Trinajstić information content (AvgIpc) is 2.99. The molecule has 1 aliphatic heterocycles. The maximum Gasteiger partial charge on any atom is 0.471 e. The van der Waals surface area contributed by atoms with Crippen LogP contribution in [0.15, 0.2) is 0 Å². The maximum absolute atomic E-state index is 12.7. The van der Waals surface area contributed by atoms with Gasteiger partial charge < -0.3 is 9.64 Å². The van der Waals surface area contributed by atoms with Gasteiger partial charge in [0.15, 0.2) is 15.8 Å². The zero-order chi connectivity index (χ0) is 21.9. The van der Waals surface area contributed by atoms with E-state index in [4.69, 9.17) is 4.74 Å². The van der Waals surface area contributed by atoms with Crippen LogP contribution < -0.4 is 9.80 Å². The summed E-state index contributed by atoms with van der Waals surface area (Å²) in [6.45, 7) is 13.4. The Hall–Kier alpha value is -1.86. The second kappa shape index (κ2) is 12.6. The molecule has 0 aromatic carbocycles. The average molecular weight is 423 g/mol. The standard InChI is InChI=1S/C14H17F3N4O2S.2C2H6/c1-3-21(12(22)14(15,16)17)11-10(6-18)24-13(19-11)20-4-5-23-8-9(2)7-20;2*1-2/h9H,3-5,7-8H2,1-2H3;2*1-2H3. The Morgan fingerprint density at radius 2 is 2.00 bits per heavy atom. The molecule has 0 aliphatic carbocycles. The SMILES string of the molecule is CC.CC.CCN(C(=O)C(F)(F)F)c1nc(N2CCOCC(C)C2)sc1C#N. The Bertz CT molecular complexity index is 644. The summed E-state index contributed by atoms with van der Waals surface area (Å²) in [6.07, 6.45) is -5.02. The topological polar surface area (TPSA) is 69.5 Å². The Morgan fingerprint density at radius 1 is 1.39 bits per heavy atom. The van der Waals surface area contributed by atoms with Crippen LogP contribution >= 0.6 is 11.3 Å². The van der Waals surface area contributed by atoms with Crippen molar-refractivity contribution >= 4 is 28.2 Å². The molecule has 0 radical (unpaired) electrons. The summed E-state index contributed by atoms with van der Waals surface area (Å²) in [5.41, 5.74) is 0. The smallest absolute Gasteiger partial charge is 0.379 e. The van der Waals surface area contributed by atoms with Gasteiger partial charge in [0, 0.05) is 19.6 Å². The summed E-state index contributed by atoms with van der Waals surface area (Å²) in [7, 11) is 0. The molecule has 1 unspecified atom stereocenters. The number of thiazole rings is 1. The van der Waals surface area contributed by atoms with Crippen LogP contribution in [0.2, 0.25) is 0 Å². The lowest BCUT2D eigenvalue weighted by atomic mass is 10.2. The Morgan fingerprint density at radius 3 is 2.50 bits per heavy atom. The van der Waals surface area contributed by atoms with Crippen molar-refractivity contribution in [1.29, 1.82) is 5.26 Å². The number of halogens is 3. The van der Waals surface area contributed by atoms with Crippen molar-refractivity contribution in [2.75, 3.05) is 42.6 Å². The first-order valence-electron chi connectivity index (χ1n) is 9.40. The molecule has 160 valence electrons. The number of carbonyl (C=O) groups excluding carboxylic acids is 1. The summed E-state index contributed by atoms with van der Waals surface area (Å²) in [5.74, 6) is -2.03. The third-order valence-electron chi connectivity index (χ3n) is 3.47. The van der Waals surface area contributed by atoms with Crippen molar-refractivity contribution in [3.63, 3.8) is 0 Å². The van der Waals surface area contributed by atoms with Crippen LogP contribution in [0.1, 0.15) is 46.4 Å². The van der Waals surface area contributed by atoms with E-state index in [0.29, 0.717) is 36.3 Å². The molecular weight excluding hydrogens is 393 g/mol. The van der Waals surface area contributed by atoms with E-state index < -0.39 is 12.1 Å². The predicted octanol–water partition coefficient (Wildman–Crippen LogP) is 4.46. The molecule has 0 spiro atoms. The third kappa shape index (κ3) is 6.95. The number of amides is 1. The van der Waals surface area contributed by atoms with Crippen molar-refractivity contribution in [2.45, 2.75) is 47.7 Å². The fraction of sp³-hybridized carbons (Fsp3) is 0.722. The zero-order valence-corrected chi connectivity index (χ0v) is 18.1. The molecule has 2 heterocycles. The first-order chi connectivity index (χ1) is 13.3. The molecule has 0 saturated carbocycles. The summed E-state index contributed by atoms with van der Waals surface area (Å²) >= 11 is 0.986. The van der Waals surface area contributed by atoms with E-state index in [9.17, 15) is 23.2 Å². The van der Waals surface area contributed by atoms with Gasteiger partial charge in [0.2, 0.25) is 0 Å². The third-order valence-corrected chi connectivity index (χ3v) is 4.48. The minimum absolute atomic E-state index is 0.0118. The van der Waals surface area contributed by atoms with Gasteiger partial charge in [-0.1, -0.05) is 46.0 Å². The summed E-state index contributed by atoms with van der Waals surface area (Å²) < 4.78 is 43.7. The molecule has 1 fully saturated rings. The van der Waals surface area contributed by atoms with Crippen LogP contribution in [-0.4, -0.2) is 49.9 Å². The molecule has 6 nitrogen and oxygen atoms in total. The second-order valence-corrected chi connectivity index (χ2v) is 6.41. The fourth-order valence-electron chi connectivity index (χ4n) is 2.39. The number of alkyl halides is 3. The first-order valence-corrected chi connectivity index (χ1v) is 10.2. The van der Waals surface area contributed by atoms with Crippen LogP contribution in [0, 0.1) is 17.2 Å². The monoisotopic (exact) mass is 422 g/mol. The van der Waals surface area contributed by atoms with Crippen molar-refractivity contribution in [3.05, 3.63) is 4.88 Å². The number of carbonyl (C=O) groups is 1. The molecule has 1 aliphatic rings. The molecule has 1 atom stereocenters. The number of aromatic nitrogens is 1. The Labute approximate surface area is 168 Å². The van der Waals surface area contributed by atoms with E-state index in [2.05, 4.69) is 4.98 Å². The molecule has 0 N–H and O–H groups in total. The fourth-order valence-corrected chi connectivity index (χ4v) is 3.29. The van der Waals surface area contributed by atoms with Gasteiger partial charge in [-0.25, -0.2) is 4.98 Å². The molecule has 2 rings (SSSR count). The van der Waals surface area contributed by atoms with Gasteiger partial charge in [0.25, 0.3) is 0 Å². The lowest BCUT2D eigenvalue weighted by Crippen LogP contribution is -2.41. The summed E-state index contributed by atoms with van der Waals surface area (Å²) in [4.78, 5) is 18.1. The molecule has 1 aromatic rings. The molecule has 1 saturated heterocycles. The lowest BCUT2D eigenvalue weighted by Gasteiger charge is -2.22. The largest absolute Gasteiger partial charge is 0.471 e. The lowest BCUT2D eigenvalue weighted by molar-refractivity contribution is -0.170. The minimum Gasteiger partial charge on any atom is -0.379 e. The minimum atomic E-state index is -5.02. The van der Waals surface area contributed by atoms with Crippen molar-refractivity contribution in [2.24, 2.45) is 5.92 Å². The molecular formula is C18H29F3N4O2S. The Balaban J connectivity index is 0.00000171. The maximum atomic E-state index is 12.7. The quantitative estimate of drug-likeness (QED) is 0.720. The van der Waals surface area contributed by atoms with E-state index in [1.807, 2.05) is 45.6 Å². The summed E-state index contributed by atoms with van der Waals surface area (Å²) in [5, 5.41) is 9.65. The van der Waals surface area contributed by atoms with Crippen LogP contribution in [0.4, 0.5) is 24.1 Å².